The van der Waals surface area contributed by atoms with E-state index in [2.05, 4.69) is 9.97 Å². The van der Waals surface area contributed by atoms with Crippen molar-refractivity contribution < 1.29 is 13.9 Å². The number of fused-ring (bicyclic) bond motifs is 2. The van der Waals surface area contributed by atoms with Crippen LogP contribution >= 0.6 is 0 Å². The third-order valence-electron chi connectivity index (χ3n) is 5.19. The quantitative estimate of drug-likeness (QED) is 0.552. The van der Waals surface area contributed by atoms with Gasteiger partial charge in [-0.05, 0) is 47.0 Å². The van der Waals surface area contributed by atoms with Gasteiger partial charge < -0.3 is 9.47 Å². The van der Waals surface area contributed by atoms with E-state index in [4.69, 9.17) is 9.47 Å². The van der Waals surface area contributed by atoms with Gasteiger partial charge in [0.2, 0.25) is 0 Å². The van der Waals surface area contributed by atoms with Gasteiger partial charge in [0.25, 0.3) is 5.56 Å². The Morgan fingerprint density at radius 2 is 1.77 bits per heavy atom. The largest absolute Gasteiger partial charge is 0.490 e. The summed E-state index contributed by atoms with van der Waals surface area (Å²) < 4.78 is 26.2. The molecule has 0 radical (unpaired) electrons. The van der Waals surface area contributed by atoms with Gasteiger partial charge in [-0.15, -0.1) is 0 Å². The molecule has 0 saturated heterocycles. The first-order valence-electron chi connectivity index (χ1n) is 9.86. The number of H-pyrrole nitrogens is 1. The van der Waals surface area contributed by atoms with Gasteiger partial charge in [-0.3, -0.25) is 14.3 Å². The highest BCUT2D eigenvalue weighted by Crippen LogP contribution is 2.31. The molecule has 0 amide bonds. The summed E-state index contributed by atoms with van der Waals surface area (Å²) in [4.78, 5) is 32.0. The van der Waals surface area contributed by atoms with Gasteiger partial charge in [-0.25, -0.2) is 14.2 Å². The molecule has 4 aromatic rings. The number of hydrogen-bond donors (Lipinski definition) is 1. The van der Waals surface area contributed by atoms with E-state index in [0.29, 0.717) is 35.8 Å². The van der Waals surface area contributed by atoms with E-state index >= 15 is 0 Å². The van der Waals surface area contributed by atoms with E-state index in [1.807, 2.05) is 18.2 Å². The molecule has 1 aliphatic heterocycles. The second kappa shape index (κ2) is 7.71. The topological polar surface area (TPSA) is 86.2 Å². The van der Waals surface area contributed by atoms with Crippen molar-refractivity contribution in [2.45, 2.75) is 13.0 Å². The van der Waals surface area contributed by atoms with E-state index < -0.39 is 11.2 Å². The molecule has 1 N–H and O–H groups in total. The summed E-state index contributed by atoms with van der Waals surface area (Å²) >= 11 is 0. The average molecular weight is 419 g/mol. The lowest BCUT2D eigenvalue weighted by molar-refractivity contribution is 0.297. The second-order valence-corrected chi connectivity index (χ2v) is 7.24. The number of nitrogens with one attached hydrogen (secondary N) is 1. The minimum absolute atomic E-state index is 0.183. The number of nitrogens with zero attached hydrogens (tertiary/aromatic N) is 2. The highest BCUT2D eigenvalue weighted by molar-refractivity contribution is 5.91. The van der Waals surface area contributed by atoms with Gasteiger partial charge >= 0.3 is 5.69 Å². The molecule has 0 aliphatic carbocycles. The smallest absolute Gasteiger partial charge is 0.330 e. The maximum absolute atomic E-state index is 13.4. The number of ether oxygens (including phenoxy) is 2. The monoisotopic (exact) mass is 419 g/mol. The zero-order valence-corrected chi connectivity index (χ0v) is 16.4. The molecule has 0 atom stereocenters. The summed E-state index contributed by atoms with van der Waals surface area (Å²) in [5, 5.41) is 0.267. The molecular weight excluding hydrogens is 401 g/mol. The Balaban J connectivity index is 1.64. The Labute approximate surface area is 175 Å². The van der Waals surface area contributed by atoms with Crippen molar-refractivity contribution in [2.75, 3.05) is 13.2 Å². The SMILES string of the molecule is O=c1[nH]c(=O)n(Cc2ccc3c(c2)OCCCO3)c2nccc(-c3ccc(F)cc3)c12. The fourth-order valence-electron chi connectivity index (χ4n) is 3.71. The van der Waals surface area contributed by atoms with Gasteiger partial charge in [0.1, 0.15) is 11.5 Å². The second-order valence-electron chi connectivity index (χ2n) is 7.24. The molecule has 0 bridgehead atoms. The number of rotatable bonds is 3. The van der Waals surface area contributed by atoms with Gasteiger partial charge in [-0.2, -0.15) is 0 Å². The van der Waals surface area contributed by atoms with Crippen LogP contribution in [0.15, 0.2) is 64.3 Å². The minimum Gasteiger partial charge on any atom is -0.490 e. The van der Waals surface area contributed by atoms with Crippen molar-refractivity contribution in [3.05, 3.63) is 86.9 Å². The zero-order valence-electron chi connectivity index (χ0n) is 16.4. The van der Waals surface area contributed by atoms with Crippen molar-refractivity contribution in [1.29, 1.82) is 0 Å². The van der Waals surface area contributed by atoms with Crippen LogP contribution in [0.3, 0.4) is 0 Å². The number of hydrogen-bond acceptors (Lipinski definition) is 5. The highest BCUT2D eigenvalue weighted by Gasteiger charge is 2.16. The number of benzene rings is 2. The van der Waals surface area contributed by atoms with E-state index in [0.717, 1.165) is 12.0 Å². The molecule has 1 aliphatic rings. The van der Waals surface area contributed by atoms with Crippen LogP contribution in [0, 0.1) is 5.82 Å². The molecule has 3 heterocycles. The summed E-state index contributed by atoms with van der Waals surface area (Å²) in [5.74, 6) is 0.913. The molecule has 7 nitrogen and oxygen atoms in total. The first kappa shape index (κ1) is 19.0. The maximum atomic E-state index is 13.4. The van der Waals surface area contributed by atoms with Crippen molar-refractivity contribution in [2.24, 2.45) is 0 Å². The fraction of sp³-hybridized carbons (Fsp3) is 0.174. The maximum Gasteiger partial charge on any atom is 0.330 e. The number of pyridine rings is 1. The molecule has 2 aromatic heterocycles. The lowest BCUT2D eigenvalue weighted by Crippen LogP contribution is -2.31. The lowest BCUT2D eigenvalue weighted by atomic mass is 10.0. The van der Waals surface area contributed by atoms with E-state index in [-0.39, 0.29) is 23.4 Å². The Morgan fingerprint density at radius 3 is 2.58 bits per heavy atom. The van der Waals surface area contributed by atoms with Crippen LogP contribution in [0.1, 0.15) is 12.0 Å². The number of aromatic amines is 1. The van der Waals surface area contributed by atoms with Crippen LogP contribution in [-0.2, 0) is 6.54 Å². The minimum atomic E-state index is -0.562. The van der Waals surface area contributed by atoms with Crippen LogP contribution in [0.4, 0.5) is 4.39 Å². The standard InChI is InChI=1S/C23H18FN3O4/c24-16-5-3-15(4-6-16)17-8-9-25-21-20(17)22(28)26-23(29)27(21)13-14-2-7-18-19(12-14)31-11-1-10-30-18/h2-9,12H,1,10-11,13H2,(H,26,28,29). The molecule has 0 spiro atoms. The van der Waals surface area contributed by atoms with Crippen molar-refractivity contribution >= 4 is 11.0 Å². The molecule has 0 saturated carbocycles. The van der Waals surface area contributed by atoms with Gasteiger partial charge in [0.15, 0.2) is 11.5 Å². The Hall–Kier alpha value is -3.94. The number of aromatic nitrogens is 3. The summed E-state index contributed by atoms with van der Waals surface area (Å²) in [6.07, 6.45) is 2.33. The summed E-state index contributed by atoms with van der Waals surface area (Å²) in [7, 11) is 0. The molecular formula is C23H18FN3O4. The average Bonchev–Trinajstić information content (AvgIpc) is 3.02. The highest BCUT2D eigenvalue weighted by atomic mass is 19.1. The van der Waals surface area contributed by atoms with Crippen LogP contribution in [0.25, 0.3) is 22.2 Å². The summed E-state index contributed by atoms with van der Waals surface area (Å²) in [6, 6.07) is 13.0. The van der Waals surface area contributed by atoms with E-state index in [1.54, 1.807) is 18.2 Å². The normalized spacial score (nSPS) is 13.2. The van der Waals surface area contributed by atoms with Crippen LogP contribution in [-0.4, -0.2) is 27.7 Å². The third kappa shape index (κ3) is 3.56. The van der Waals surface area contributed by atoms with Gasteiger partial charge in [-0.1, -0.05) is 18.2 Å². The predicted molar refractivity (Wildman–Crippen MR) is 113 cm³/mol. The summed E-state index contributed by atoms with van der Waals surface area (Å²) in [5.41, 5.74) is 1.17. The van der Waals surface area contributed by atoms with Crippen molar-refractivity contribution in [1.82, 2.24) is 14.5 Å². The van der Waals surface area contributed by atoms with Crippen LogP contribution in [0.2, 0.25) is 0 Å². The first-order valence-corrected chi connectivity index (χ1v) is 9.86. The van der Waals surface area contributed by atoms with Crippen molar-refractivity contribution in [3.8, 4) is 22.6 Å². The van der Waals surface area contributed by atoms with Crippen LogP contribution < -0.4 is 20.7 Å². The Kier molecular flexibility index (Phi) is 4.74. The fourth-order valence-corrected chi connectivity index (χ4v) is 3.71. The molecule has 0 unspecified atom stereocenters. The lowest BCUT2D eigenvalue weighted by Gasteiger charge is -2.13. The Bertz CT molecular complexity index is 1390. The molecule has 31 heavy (non-hydrogen) atoms. The molecule has 2 aromatic carbocycles. The third-order valence-corrected chi connectivity index (χ3v) is 5.19. The molecule has 156 valence electrons. The first-order chi connectivity index (χ1) is 15.1. The van der Waals surface area contributed by atoms with Crippen LogP contribution in [0.5, 0.6) is 11.5 Å². The van der Waals surface area contributed by atoms with E-state index in [9.17, 15) is 14.0 Å². The number of halogens is 1. The van der Waals surface area contributed by atoms with Gasteiger partial charge in [0.05, 0.1) is 25.1 Å². The van der Waals surface area contributed by atoms with Crippen molar-refractivity contribution in [3.63, 3.8) is 0 Å². The predicted octanol–water partition coefficient (Wildman–Crippen LogP) is 3.10. The van der Waals surface area contributed by atoms with E-state index in [1.165, 1.54) is 22.9 Å². The molecule has 5 rings (SSSR count). The van der Waals surface area contributed by atoms with Gasteiger partial charge in [0, 0.05) is 12.6 Å². The zero-order chi connectivity index (χ0) is 21.4. The Morgan fingerprint density at radius 1 is 1.00 bits per heavy atom. The summed E-state index contributed by atoms with van der Waals surface area (Å²) in [6.45, 7) is 1.33. The molecule has 0 fully saturated rings. The molecule has 8 heteroatoms.